The van der Waals surface area contributed by atoms with Crippen LogP contribution in [0.15, 0.2) is 36.4 Å². The van der Waals surface area contributed by atoms with Crippen molar-refractivity contribution in [2.24, 2.45) is 0 Å². The van der Waals surface area contributed by atoms with Gasteiger partial charge in [0.05, 0.1) is 0 Å². The normalized spacial score (nSPS) is 26.4. The van der Waals surface area contributed by atoms with Crippen molar-refractivity contribution in [3.05, 3.63) is 47.5 Å². The van der Waals surface area contributed by atoms with Crippen LogP contribution in [0.1, 0.15) is 57.1 Å². The highest BCUT2D eigenvalue weighted by atomic mass is 16.6. The van der Waals surface area contributed by atoms with Crippen molar-refractivity contribution in [2.45, 2.75) is 63.4 Å². The van der Waals surface area contributed by atoms with E-state index in [-0.39, 0.29) is 11.4 Å². The summed E-state index contributed by atoms with van der Waals surface area (Å²) in [6, 6.07) is 8.62. The van der Waals surface area contributed by atoms with Crippen LogP contribution in [0, 0.1) is 0 Å². The van der Waals surface area contributed by atoms with Crippen molar-refractivity contribution < 1.29 is 9.53 Å². The first kappa shape index (κ1) is 14.4. The highest BCUT2D eigenvalue weighted by molar-refractivity contribution is 5.87. The van der Waals surface area contributed by atoms with E-state index in [0.29, 0.717) is 5.57 Å². The minimum atomic E-state index is -0.437. The Morgan fingerprint density at radius 1 is 1.19 bits per heavy atom. The van der Waals surface area contributed by atoms with Crippen LogP contribution in [0.25, 0.3) is 0 Å². The van der Waals surface area contributed by atoms with Gasteiger partial charge in [-0.05, 0) is 37.8 Å². The molecule has 0 N–H and O–H groups in total. The zero-order chi connectivity index (χ0) is 15.1. The smallest absolute Gasteiger partial charge is 0.333 e. The maximum Gasteiger partial charge on any atom is 0.333 e. The molecule has 0 saturated heterocycles. The molecule has 0 amide bonds. The van der Waals surface area contributed by atoms with E-state index < -0.39 is 5.60 Å². The molecule has 2 aliphatic rings. The molecule has 1 atom stereocenters. The predicted octanol–water partition coefficient (Wildman–Crippen LogP) is 4.32. The van der Waals surface area contributed by atoms with Gasteiger partial charge in [-0.2, -0.15) is 0 Å². The Kier molecular flexibility index (Phi) is 3.43. The van der Waals surface area contributed by atoms with Gasteiger partial charge in [-0.3, -0.25) is 0 Å². The molecule has 0 aromatic heterocycles. The fourth-order valence-corrected chi connectivity index (χ4v) is 4.34. The summed E-state index contributed by atoms with van der Waals surface area (Å²) < 4.78 is 6.00. The van der Waals surface area contributed by atoms with Crippen molar-refractivity contribution in [1.29, 1.82) is 0 Å². The maximum absolute atomic E-state index is 12.2. The van der Waals surface area contributed by atoms with E-state index >= 15 is 0 Å². The summed E-state index contributed by atoms with van der Waals surface area (Å²) in [5.41, 5.74) is 2.79. The average Bonchev–Trinajstić information content (AvgIpc) is 2.69. The van der Waals surface area contributed by atoms with Crippen LogP contribution in [0.5, 0.6) is 0 Å². The topological polar surface area (TPSA) is 26.3 Å². The molecular formula is C19H24O2. The van der Waals surface area contributed by atoms with Gasteiger partial charge < -0.3 is 4.74 Å². The molecular weight excluding hydrogens is 260 g/mol. The van der Waals surface area contributed by atoms with Gasteiger partial charge >= 0.3 is 5.97 Å². The summed E-state index contributed by atoms with van der Waals surface area (Å²) in [5, 5.41) is 0. The van der Waals surface area contributed by atoms with Gasteiger partial charge in [0.2, 0.25) is 0 Å². The Balaban J connectivity index is 2.04. The second-order valence-corrected chi connectivity index (χ2v) is 6.88. The number of hydrogen-bond acceptors (Lipinski definition) is 2. The maximum atomic E-state index is 12.2. The van der Waals surface area contributed by atoms with Crippen LogP contribution >= 0.6 is 0 Å². The van der Waals surface area contributed by atoms with Crippen molar-refractivity contribution in [2.75, 3.05) is 0 Å². The van der Waals surface area contributed by atoms with E-state index in [1.165, 1.54) is 30.4 Å². The molecule has 3 rings (SSSR count). The highest BCUT2D eigenvalue weighted by Gasteiger charge is 2.57. The lowest BCUT2D eigenvalue weighted by Gasteiger charge is -2.46. The third-order valence-electron chi connectivity index (χ3n) is 5.45. The van der Waals surface area contributed by atoms with Crippen molar-refractivity contribution in [3.8, 4) is 0 Å². The minimum Gasteiger partial charge on any atom is -0.455 e. The largest absolute Gasteiger partial charge is 0.455 e. The highest BCUT2D eigenvalue weighted by Crippen LogP contribution is 2.55. The fourth-order valence-electron chi connectivity index (χ4n) is 4.34. The van der Waals surface area contributed by atoms with Crippen LogP contribution in [0.3, 0.4) is 0 Å². The molecule has 0 heterocycles. The van der Waals surface area contributed by atoms with E-state index in [1.807, 2.05) is 0 Å². The van der Waals surface area contributed by atoms with Gasteiger partial charge in [0, 0.05) is 17.4 Å². The summed E-state index contributed by atoms with van der Waals surface area (Å²) >= 11 is 0. The quantitative estimate of drug-likeness (QED) is 0.597. The molecule has 0 bridgehead atoms. The van der Waals surface area contributed by atoms with Gasteiger partial charge in [-0.1, -0.05) is 50.1 Å². The molecule has 1 saturated carbocycles. The number of benzene rings is 1. The molecule has 21 heavy (non-hydrogen) atoms. The van der Waals surface area contributed by atoms with E-state index in [2.05, 4.69) is 37.8 Å². The van der Waals surface area contributed by atoms with E-state index in [1.54, 1.807) is 6.92 Å². The molecule has 0 aliphatic heterocycles. The number of esters is 1. The third kappa shape index (κ3) is 2.12. The first-order chi connectivity index (χ1) is 9.98. The molecule has 1 unspecified atom stereocenters. The molecule has 1 aromatic carbocycles. The van der Waals surface area contributed by atoms with Crippen LogP contribution in [-0.2, 0) is 21.4 Å². The number of ether oxygens (including phenoxy) is 1. The van der Waals surface area contributed by atoms with Gasteiger partial charge in [-0.15, -0.1) is 0 Å². The molecule has 1 spiro atoms. The third-order valence-corrected chi connectivity index (χ3v) is 5.45. The van der Waals surface area contributed by atoms with Crippen molar-refractivity contribution in [1.82, 2.24) is 0 Å². The first-order valence-corrected chi connectivity index (χ1v) is 7.96. The molecule has 2 heteroatoms. The van der Waals surface area contributed by atoms with Gasteiger partial charge in [0.15, 0.2) is 0 Å². The zero-order valence-corrected chi connectivity index (χ0v) is 13.1. The average molecular weight is 284 g/mol. The second kappa shape index (κ2) is 5.01. The molecule has 2 aliphatic carbocycles. The fraction of sp³-hybridized carbons (Fsp3) is 0.526. The van der Waals surface area contributed by atoms with Gasteiger partial charge in [0.1, 0.15) is 5.60 Å². The molecule has 0 radical (unpaired) electrons. The lowest BCUT2D eigenvalue weighted by molar-refractivity contribution is -0.161. The predicted molar refractivity (Wildman–Crippen MR) is 84.2 cm³/mol. The van der Waals surface area contributed by atoms with Crippen LogP contribution in [0.4, 0.5) is 0 Å². The molecule has 1 fully saturated rings. The van der Waals surface area contributed by atoms with Gasteiger partial charge in [0.25, 0.3) is 0 Å². The first-order valence-electron chi connectivity index (χ1n) is 7.96. The van der Waals surface area contributed by atoms with E-state index in [4.69, 9.17) is 4.74 Å². The SMILES string of the molecule is C=C(C)C(=O)OC1(C)Cc2ccccc2C12CCCCC2. The zero-order valence-electron chi connectivity index (χ0n) is 13.1. The van der Waals surface area contributed by atoms with Crippen LogP contribution in [-0.4, -0.2) is 11.6 Å². The van der Waals surface area contributed by atoms with Gasteiger partial charge in [-0.25, -0.2) is 4.79 Å². The minimum absolute atomic E-state index is 0.00699. The summed E-state index contributed by atoms with van der Waals surface area (Å²) in [6.45, 7) is 7.58. The number of carbonyl (C=O) groups excluding carboxylic acids is 1. The molecule has 1 aromatic rings. The van der Waals surface area contributed by atoms with Crippen molar-refractivity contribution >= 4 is 5.97 Å². The number of rotatable bonds is 2. The Morgan fingerprint density at radius 2 is 1.86 bits per heavy atom. The van der Waals surface area contributed by atoms with Crippen molar-refractivity contribution in [3.63, 3.8) is 0 Å². The summed E-state index contributed by atoms with van der Waals surface area (Å²) in [6.07, 6.45) is 6.77. The number of fused-ring (bicyclic) bond motifs is 2. The molecule has 112 valence electrons. The lowest BCUT2D eigenvalue weighted by Crippen LogP contribution is -2.51. The Bertz CT molecular complexity index is 581. The summed E-state index contributed by atoms with van der Waals surface area (Å²) in [7, 11) is 0. The van der Waals surface area contributed by atoms with E-state index in [9.17, 15) is 4.79 Å². The monoisotopic (exact) mass is 284 g/mol. The Hall–Kier alpha value is -1.57. The number of carbonyl (C=O) groups is 1. The van der Waals surface area contributed by atoms with E-state index in [0.717, 1.165) is 19.3 Å². The lowest BCUT2D eigenvalue weighted by atomic mass is 9.63. The Morgan fingerprint density at radius 3 is 2.52 bits per heavy atom. The van der Waals surface area contributed by atoms with Crippen LogP contribution < -0.4 is 0 Å². The standard InChI is InChI=1S/C19H24O2/c1-14(2)17(20)21-18(3)13-15-9-5-6-10-16(15)19(18)11-7-4-8-12-19/h5-6,9-10H,1,4,7-8,11-13H2,2-3H3. The molecule has 2 nitrogen and oxygen atoms in total. The Labute approximate surface area is 127 Å². The van der Waals surface area contributed by atoms with Crippen LogP contribution in [0.2, 0.25) is 0 Å². The summed E-state index contributed by atoms with van der Waals surface area (Å²) in [4.78, 5) is 12.2. The number of hydrogen-bond donors (Lipinski definition) is 0. The second-order valence-electron chi connectivity index (χ2n) is 6.88. The summed E-state index contributed by atoms with van der Waals surface area (Å²) in [5.74, 6) is -0.254.